The van der Waals surface area contributed by atoms with Crippen molar-refractivity contribution in [3.8, 4) is 17.2 Å². The van der Waals surface area contributed by atoms with Gasteiger partial charge in [0, 0.05) is 16.8 Å². The molecule has 10 nitrogen and oxygen atoms in total. The maximum absolute atomic E-state index is 12.3. The molecule has 0 N–H and O–H groups in total. The van der Waals surface area contributed by atoms with Crippen LogP contribution in [-0.2, 0) is 31.4 Å². The van der Waals surface area contributed by atoms with Gasteiger partial charge in [0.15, 0.2) is 22.2 Å². The summed E-state index contributed by atoms with van der Waals surface area (Å²) in [4.78, 5) is 29.3. The molecule has 2 aromatic carbocycles. The summed E-state index contributed by atoms with van der Waals surface area (Å²) in [6.45, 7) is 27.3. The standard InChI is InChI=1S/C33H49NO9Si4/c1-13-37-32(35)28(33(36)38-14-2)21-25-15-17-26(18-16-25)31-34-29-20-19-27(22-30(29)40-31)39-23-24(3)47(12,42-45(7,8)9)43-46(10,11)41-44(4,5)6/h15-22H,3,13-14,23H2,1-2,4-12H3. The van der Waals surface area contributed by atoms with E-state index in [1.807, 2.05) is 18.7 Å². The van der Waals surface area contributed by atoms with Crippen molar-refractivity contribution in [3.63, 3.8) is 0 Å². The summed E-state index contributed by atoms with van der Waals surface area (Å²) < 4.78 is 42.3. The number of aromatic nitrogens is 1. The second-order valence-electron chi connectivity index (χ2n) is 13.5. The molecule has 1 atom stereocenters. The van der Waals surface area contributed by atoms with Crippen molar-refractivity contribution in [1.29, 1.82) is 0 Å². The minimum atomic E-state index is -2.90. The van der Waals surface area contributed by atoms with E-state index < -0.39 is 45.7 Å². The molecule has 0 bridgehead atoms. The first kappa shape index (κ1) is 38.3. The molecule has 0 saturated heterocycles. The summed E-state index contributed by atoms with van der Waals surface area (Å²) in [7, 11) is -9.21. The molecule has 1 aromatic heterocycles. The Balaban J connectivity index is 1.78. The van der Waals surface area contributed by atoms with Gasteiger partial charge in [-0.2, -0.15) is 0 Å². The third-order valence-corrected chi connectivity index (χ3v) is 19.7. The van der Waals surface area contributed by atoms with Crippen LogP contribution in [0.15, 0.2) is 64.2 Å². The molecular weight excluding hydrogens is 667 g/mol. The van der Waals surface area contributed by atoms with E-state index in [1.54, 1.807) is 44.2 Å². The fraction of sp³-hybridized carbons (Fsp3) is 0.424. The summed E-state index contributed by atoms with van der Waals surface area (Å²) >= 11 is 0. The van der Waals surface area contributed by atoms with E-state index in [0.717, 1.165) is 10.8 Å². The highest BCUT2D eigenvalue weighted by atomic mass is 28.5. The van der Waals surface area contributed by atoms with Crippen molar-refractivity contribution in [1.82, 2.24) is 4.98 Å². The SMILES string of the molecule is C=C(COc1ccc2nc(-c3ccc(C=C(C(=O)OCC)C(=O)OCC)cc3)oc2c1)[Si](C)(O[Si](C)(C)C)O[Si](C)(C)O[Si](C)(C)C. The number of hydrogen-bond acceptors (Lipinski definition) is 10. The molecule has 3 rings (SSSR count). The van der Waals surface area contributed by atoms with E-state index in [4.69, 9.17) is 31.0 Å². The minimum absolute atomic E-state index is 0.143. The van der Waals surface area contributed by atoms with Crippen molar-refractivity contribution in [3.05, 3.63) is 65.4 Å². The zero-order valence-corrected chi connectivity index (χ0v) is 33.6. The van der Waals surface area contributed by atoms with Gasteiger partial charge >= 0.3 is 29.1 Å². The fourth-order valence-corrected chi connectivity index (χ4v) is 21.8. The smallest absolute Gasteiger partial charge is 0.348 e. The van der Waals surface area contributed by atoms with Crippen molar-refractivity contribution in [2.24, 2.45) is 0 Å². The van der Waals surface area contributed by atoms with E-state index >= 15 is 0 Å². The van der Waals surface area contributed by atoms with Gasteiger partial charge in [-0.25, -0.2) is 14.6 Å². The lowest BCUT2D eigenvalue weighted by Gasteiger charge is -2.41. The Hall–Kier alpha value is -3.12. The van der Waals surface area contributed by atoms with Crippen molar-refractivity contribution in [2.75, 3.05) is 19.8 Å². The predicted octanol–water partition coefficient (Wildman–Crippen LogP) is 7.97. The van der Waals surface area contributed by atoms with Gasteiger partial charge in [0.1, 0.15) is 23.4 Å². The normalized spacial score (nSPS) is 13.5. The quantitative estimate of drug-likeness (QED) is 0.0475. The number of fused-ring (bicyclic) bond motifs is 1. The fourth-order valence-electron chi connectivity index (χ4n) is 4.90. The molecule has 14 heteroatoms. The van der Waals surface area contributed by atoms with E-state index in [2.05, 4.69) is 63.9 Å². The molecule has 0 radical (unpaired) electrons. The Bertz CT molecular complexity index is 1580. The van der Waals surface area contributed by atoms with Crippen LogP contribution < -0.4 is 4.74 Å². The van der Waals surface area contributed by atoms with Crippen LogP contribution in [0.1, 0.15) is 19.4 Å². The predicted molar refractivity (Wildman–Crippen MR) is 194 cm³/mol. The van der Waals surface area contributed by atoms with Gasteiger partial charge in [0.2, 0.25) is 5.89 Å². The van der Waals surface area contributed by atoms with Crippen LogP contribution in [0.5, 0.6) is 5.75 Å². The zero-order valence-electron chi connectivity index (χ0n) is 29.6. The summed E-state index contributed by atoms with van der Waals surface area (Å²) in [6, 6.07) is 12.6. The maximum atomic E-state index is 12.3. The molecule has 0 aliphatic rings. The lowest BCUT2D eigenvalue weighted by Crippen LogP contribution is -2.58. The number of oxazole rings is 1. The molecule has 0 spiro atoms. The van der Waals surface area contributed by atoms with E-state index in [1.165, 1.54) is 6.08 Å². The van der Waals surface area contributed by atoms with Gasteiger partial charge < -0.3 is 31.0 Å². The number of hydrogen-bond donors (Lipinski definition) is 0. The third-order valence-electron chi connectivity index (χ3n) is 6.37. The second-order valence-corrected chi connectivity index (χ2v) is 29.8. The number of esters is 2. The molecule has 1 heterocycles. The zero-order chi connectivity index (χ0) is 35.2. The number of ether oxygens (including phenoxy) is 3. The summed E-state index contributed by atoms with van der Waals surface area (Å²) in [5.41, 5.74) is 2.39. The summed E-state index contributed by atoms with van der Waals surface area (Å²) in [5.74, 6) is -0.452. The van der Waals surface area contributed by atoms with E-state index in [0.29, 0.717) is 28.3 Å². The molecule has 47 heavy (non-hydrogen) atoms. The minimum Gasteiger partial charge on any atom is -0.489 e. The number of benzene rings is 2. The Morgan fingerprint density at radius 3 is 1.91 bits per heavy atom. The van der Waals surface area contributed by atoms with Crippen molar-refractivity contribution >= 4 is 62.9 Å². The van der Waals surface area contributed by atoms with Gasteiger partial charge in [0.05, 0.1) is 13.2 Å². The van der Waals surface area contributed by atoms with Gasteiger partial charge in [-0.05, 0) is 109 Å². The average molecular weight is 716 g/mol. The monoisotopic (exact) mass is 715 g/mol. The topological polar surface area (TPSA) is 116 Å². The van der Waals surface area contributed by atoms with Crippen LogP contribution in [-0.4, -0.2) is 70.5 Å². The highest BCUT2D eigenvalue weighted by molar-refractivity contribution is 6.92. The van der Waals surface area contributed by atoms with Gasteiger partial charge in [-0.15, -0.1) is 0 Å². The number of rotatable bonds is 16. The highest BCUT2D eigenvalue weighted by Gasteiger charge is 2.46. The largest absolute Gasteiger partial charge is 0.489 e. The summed E-state index contributed by atoms with van der Waals surface area (Å²) in [5, 5.41) is 0.793. The molecule has 256 valence electrons. The first-order valence-corrected chi connectivity index (χ1v) is 27.7. The Labute approximate surface area is 282 Å². The molecule has 3 aromatic rings. The van der Waals surface area contributed by atoms with Crippen molar-refractivity contribution in [2.45, 2.75) is 72.8 Å². The highest BCUT2D eigenvalue weighted by Crippen LogP contribution is 2.31. The molecule has 0 aliphatic carbocycles. The summed E-state index contributed by atoms with van der Waals surface area (Å²) in [6.07, 6.45) is 1.44. The van der Waals surface area contributed by atoms with Crippen LogP contribution >= 0.6 is 0 Å². The molecule has 0 amide bonds. The molecule has 0 saturated carbocycles. The Morgan fingerprint density at radius 2 is 1.38 bits per heavy atom. The maximum Gasteiger partial charge on any atom is 0.348 e. The number of nitrogens with zero attached hydrogens (tertiary/aromatic N) is 1. The number of carbonyl (C=O) groups excluding carboxylic acids is 2. The van der Waals surface area contributed by atoms with Crippen LogP contribution in [0.3, 0.4) is 0 Å². The van der Waals surface area contributed by atoms with Crippen LogP contribution in [0.4, 0.5) is 0 Å². The Morgan fingerprint density at radius 1 is 0.809 bits per heavy atom. The number of carbonyl (C=O) groups is 2. The molecule has 1 unspecified atom stereocenters. The third kappa shape index (κ3) is 11.5. The van der Waals surface area contributed by atoms with Crippen LogP contribution in [0.2, 0.25) is 58.9 Å². The average Bonchev–Trinajstić information content (AvgIpc) is 3.36. The lowest BCUT2D eigenvalue weighted by atomic mass is 10.1. The Kier molecular flexibility index (Phi) is 12.6. The van der Waals surface area contributed by atoms with E-state index in [9.17, 15) is 9.59 Å². The molecule has 0 aliphatic heterocycles. The van der Waals surface area contributed by atoms with E-state index in [-0.39, 0.29) is 25.4 Å². The van der Waals surface area contributed by atoms with Gasteiger partial charge in [-0.3, -0.25) is 0 Å². The van der Waals surface area contributed by atoms with Gasteiger partial charge in [0.25, 0.3) is 0 Å². The lowest BCUT2D eigenvalue weighted by molar-refractivity contribution is -0.146. The van der Waals surface area contributed by atoms with Crippen LogP contribution in [0.25, 0.3) is 28.6 Å². The molecular formula is C33H49NO9Si4. The van der Waals surface area contributed by atoms with Gasteiger partial charge in [-0.1, -0.05) is 18.7 Å². The first-order valence-electron chi connectivity index (χ1n) is 15.7. The molecule has 0 fully saturated rings. The van der Waals surface area contributed by atoms with Crippen LogP contribution in [0, 0.1) is 0 Å². The second kappa shape index (κ2) is 15.4. The first-order chi connectivity index (χ1) is 21.7. The van der Waals surface area contributed by atoms with Crippen molar-refractivity contribution < 1.29 is 40.6 Å².